The second-order valence-corrected chi connectivity index (χ2v) is 3.72. The number of allylic oxidation sites excluding steroid dienone is 1. The number of esters is 1. The predicted molar refractivity (Wildman–Crippen MR) is 45.5 cm³/mol. The Morgan fingerprint density at radius 3 is 3.00 bits per heavy atom. The molecule has 0 aromatic heterocycles. The van der Waals surface area contributed by atoms with Crippen LogP contribution in [-0.2, 0) is 9.53 Å². The second-order valence-electron chi connectivity index (χ2n) is 3.72. The molecular weight excluding hydrogens is 152 g/mol. The highest BCUT2D eigenvalue weighted by molar-refractivity contribution is 5.66. The quantitative estimate of drug-likeness (QED) is 0.439. The number of carbonyl (C=O) groups is 1. The van der Waals surface area contributed by atoms with Gasteiger partial charge in [-0.15, -0.1) is 0 Å². The molecule has 2 aliphatic rings. The van der Waals surface area contributed by atoms with Gasteiger partial charge in [0.2, 0.25) is 0 Å². The Morgan fingerprint density at radius 1 is 1.42 bits per heavy atom. The van der Waals surface area contributed by atoms with Crippen molar-refractivity contribution in [2.75, 3.05) is 0 Å². The molecule has 2 aliphatic carbocycles. The van der Waals surface area contributed by atoms with Crippen LogP contribution in [0.15, 0.2) is 12.2 Å². The lowest BCUT2D eigenvalue weighted by molar-refractivity contribution is -0.146. The first-order chi connectivity index (χ1) is 5.77. The number of rotatable bonds is 1. The summed E-state index contributed by atoms with van der Waals surface area (Å²) in [7, 11) is 0. The van der Waals surface area contributed by atoms with Gasteiger partial charge in [0.15, 0.2) is 0 Å². The average molecular weight is 166 g/mol. The molecule has 0 heterocycles. The van der Waals surface area contributed by atoms with Gasteiger partial charge in [-0.25, -0.2) is 0 Å². The van der Waals surface area contributed by atoms with E-state index in [2.05, 4.69) is 12.2 Å². The third-order valence-corrected chi connectivity index (χ3v) is 2.90. The van der Waals surface area contributed by atoms with E-state index in [1.165, 1.54) is 26.2 Å². The minimum Gasteiger partial charge on any atom is -0.458 e. The fourth-order valence-corrected chi connectivity index (χ4v) is 2.38. The maximum atomic E-state index is 10.7. The number of hydrogen-bond donors (Lipinski definition) is 0. The van der Waals surface area contributed by atoms with Crippen molar-refractivity contribution in [2.24, 2.45) is 11.8 Å². The van der Waals surface area contributed by atoms with Crippen molar-refractivity contribution in [3.8, 4) is 0 Å². The van der Waals surface area contributed by atoms with Gasteiger partial charge in [-0.3, -0.25) is 4.79 Å². The molecule has 1 fully saturated rings. The van der Waals surface area contributed by atoms with Gasteiger partial charge in [-0.05, 0) is 24.8 Å². The second kappa shape index (κ2) is 2.92. The Bertz CT molecular complexity index is 220. The van der Waals surface area contributed by atoms with Crippen molar-refractivity contribution in [1.82, 2.24) is 0 Å². The Hall–Kier alpha value is -0.790. The largest absolute Gasteiger partial charge is 0.458 e. The van der Waals surface area contributed by atoms with E-state index >= 15 is 0 Å². The van der Waals surface area contributed by atoms with Crippen LogP contribution in [0.25, 0.3) is 0 Å². The summed E-state index contributed by atoms with van der Waals surface area (Å²) in [4.78, 5) is 10.7. The standard InChI is InChI=1S/C10H14O2/c1-7(11)12-10-6-5-8-3-2-4-9(8)10/h5-6,8-10H,2-4H2,1H3/t8-,9-,10-/m1/s1. The topological polar surface area (TPSA) is 26.3 Å². The minimum atomic E-state index is -0.155. The van der Waals surface area contributed by atoms with Gasteiger partial charge in [-0.2, -0.15) is 0 Å². The molecule has 2 nitrogen and oxygen atoms in total. The van der Waals surface area contributed by atoms with Crippen LogP contribution >= 0.6 is 0 Å². The zero-order chi connectivity index (χ0) is 8.55. The maximum Gasteiger partial charge on any atom is 0.303 e. The number of ether oxygens (including phenoxy) is 1. The SMILES string of the molecule is CC(=O)O[C@@H]1C=C[C@H]2CCC[C@H]21. The van der Waals surface area contributed by atoms with E-state index in [4.69, 9.17) is 4.74 Å². The van der Waals surface area contributed by atoms with Crippen molar-refractivity contribution < 1.29 is 9.53 Å². The first kappa shape index (κ1) is 7.84. The van der Waals surface area contributed by atoms with Crippen LogP contribution in [0.3, 0.4) is 0 Å². The first-order valence-electron chi connectivity index (χ1n) is 4.63. The van der Waals surface area contributed by atoms with E-state index in [1.54, 1.807) is 0 Å². The summed E-state index contributed by atoms with van der Waals surface area (Å²) in [6.45, 7) is 1.48. The molecule has 0 unspecified atom stereocenters. The number of fused-ring (bicyclic) bond motifs is 1. The van der Waals surface area contributed by atoms with Crippen molar-refractivity contribution in [2.45, 2.75) is 32.3 Å². The number of carbonyl (C=O) groups excluding carboxylic acids is 1. The van der Waals surface area contributed by atoms with E-state index in [0.717, 1.165) is 0 Å². The van der Waals surface area contributed by atoms with E-state index < -0.39 is 0 Å². The predicted octanol–water partition coefficient (Wildman–Crippen LogP) is 1.90. The van der Waals surface area contributed by atoms with Gasteiger partial charge < -0.3 is 4.74 Å². The monoisotopic (exact) mass is 166 g/mol. The molecule has 0 radical (unpaired) electrons. The summed E-state index contributed by atoms with van der Waals surface area (Å²) >= 11 is 0. The van der Waals surface area contributed by atoms with Gasteiger partial charge in [0.05, 0.1) is 0 Å². The van der Waals surface area contributed by atoms with E-state index in [9.17, 15) is 4.79 Å². The molecule has 0 saturated heterocycles. The summed E-state index contributed by atoms with van der Waals surface area (Å²) in [5.41, 5.74) is 0. The van der Waals surface area contributed by atoms with E-state index in [1.807, 2.05) is 0 Å². The normalized spacial score (nSPS) is 38.2. The zero-order valence-electron chi connectivity index (χ0n) is 7.32. The minimum absolute atomic E-state index is 0.0787. The fraction of sp³-hybridized carbons (Fsp3) is 0.700. The summed E-state index contributed by atoms with van der Waals surface area (Å²) in [6.07, 6.45) is 8.13. The van der Waals surface area contributed by atoms with Gasteiger partial charge in [0.1, 0.15) is 6.10 Å². The van der Waals surface area contributed by atoms with Crippen LogP contribution < -0.4 is 0 Å². The summed E-state index contributed by atoms with van der Waals surface area (Å²) in [6, 6.07) is 0. The van der Waals surface area contributed by atoms with Crippen LogP contribution in [0.4, 0.5) is 0 Å². The Morgan fingerprint density at radius 2 is 2.25 bits per heavy atom. The summed E-state index contributed by atoms with van der Waals surface area (Å²) in [5.74, 6) is 1.13. The molecule has 2 rings (SSSR count). The highest BCUT2D eigenvalue weighted by atomic mass is 16.5. The van der Waals surface area contributed by atoms with Gasteiger partial charge in [-0.1, -0.05) is 12.5 Å². The van der Waals surface area contributed by atoms with Crippen LogP contribution in [0.5, 0.6) is 0 Å². The molecule has 66 valence electrons. The number of hydrogen-bond acceptors (Lipinski definition) is 2. The molecule has 12 heavy (non-hydrogen) atoms. The molecule has 2 heteroatoms. The van der Waals surface area contributed by atoms with Gasteiger partial charge in [0, 0.05) is 12.8 Å². The first-order valence-corrected chi connectivity index (χ1v) is 4.63. The fourth-order valence-electron chi connectivity index (χ4n) is 2.38. The molecule has 0 amide bonds. The molecule has 0 spiro atoms. The average Bonchev–Trinajstić information content (AvgIpc) is 2.52. The summed E-state index contributed by atoms with van der Waals surface area (Å²) < 4.78 is 5.20. The smallest absolute Gasteiger partial charge is 0.303 e. The van der Waals surface area contributed by atoms with Crippen LogP contribution in [0.1, 0.15) is 26.2 Å². The van der Waals surface area contributed by atoms with Gasteiger partial charge in [0.25, 0.3) is 0 Å². The Labute approximate surface area is 72.6 Å². The molecule has 1 saturated carbocycles. The zero-order valence-corrected chi connectivity index (χ0v) is 7.32. The van der Waals surface area contributed by atoms with E-state index in [0.29, 0.717) is 11.8 Å². The lowest BCUT2D eigenvalue weighted by Crippen LogP contribution is -2.21. The molecule has 3 atom stereocenters. The molecular formula is C10H14O2. The third kappa shape index (κ3) is 1.26. The van der Waals surface area contributed by atoms with Crippen molar-refractivity contribution in [3.63, 3.8) is 0 Å². The lowest BCUT2D eigenvalue weighted by Gasteiger charge is -2.17. The molecule has 0 N–H and O–H groups in total. The molecule has 0 aromatic rings. The van der Waals surface area contributed by atoms with Crippen LogP contribution in [0, 0.1) is 11.8 Å². The van der Waals surface area contributed by atoms with Crippen LogP contribution in [-0.4, -0.2) is 12.1 Å². The lowest BCUT2D eigenvalue weighted by atomic mass is 9.98. The van der Waals surface area contributed by atoms with Crippen LogP contribution in [0.2, 0.25) is 0 Å². The van der Waals surface area contributed by atoms with Crippen molar-refractivity contribution in [3.05, 3.63) is 12.2 Å². The maximum absolute atomic E-state index is 10.7. The molecule has 0 bridgehead atoms. The highest BCUT2D eigenvalue weighted by Crippen LogP contribution is 2.40. The highest BCUT2D eigenvalue weighted by Gasteiger charge is 2.36. The Kier molecular flexibility index (Phi) is 1.91. The third-order valence-electron chi connectivity index (χ3n) is 2.90. The molecule has 0 aromatic carbocycles. The van der Waals surface area contributed by atoms with Gasteiger partial charge >= 0.3 is 5.97 Å². The van der Waals surface area contributed by atoms with E-state index in [-0.39, 0.29) is 12.1 Å². The molecule has 0 aliphatic heterocycles. The van der Waals surface area contributed by atoms with Crippen molar-refractivity contribution >= 4 is 5.97 Å². The van der Waals surface area contributed by atoms with Crippen molar-refractivity contribution in [1.29, 1.82) is 0 Å². The summed E-state index contributed by atoms with van der Waals surface area (Å²) in [5, 5.41) is 0. The Balaban J connectivity index is 2.00.